The van der Waals surface area contributed by atoms with E-state index in [0.29, 0.717) is 17.5 Å². The number of carbonyl (C=O) groups excluding carboxylic acids is 2. The van der Waals surface area contributed by atoms with E-state index >= 15 is 0 Å². The lowest BCUT2D eigenvalue weighted by molar-refractivity contribution is 0.0263. The van der Waals surface area contributed by atoms with Gasteiger partial charge in [-0.3, -0.25) is 4.79 Å². The normalized spacial score (nSPS) is 11.7. The average Bonchev–Trinajstić information content (AvgIpc) is 2.74. The van der Waals surface area contributed by atoms with E-state index in [1.807, 2.05) is 26.0 Å². The highest BCUT2D eigenvalue weighted by molar-refractivity contribution is 6.02. The number of hydrogen-bond acceptors (Lipinski definition) is 5. The number of phenolic OH excluding ortho intramolecular Hbond substituents is 1. The Balaban J connectivity index is 2.25. The fraction of sp³-hybridized carbons (Fsp3) is 0.417. The molecule has 0 aliphatic heterocycles. The number of carbonyl (C=O) groups is 2. The number of unbranched alkanes of at least 4 members (excludes halogenated alkanes) is 2. The van der Waals surface area contributed by atoms with E-state index in [1.54, 1.807) is 24.3 Å². The fourth-order valence-corrected chi connectivity index (χ4v) is 3.31. The lowest BCUT2D eigenvalue weighted by atomic mass is 10.0. The maximum atomic E-state index is 13.0. The van der Waals surface area contributed by atoms with Crippen molar-refractivity contribution in [3.63, 3.8) is 0 Å². The number of phenols is 1. The zero-order chi connectivity index (χ0) is 21.2. The highest BCUT2D eigenvalue weighted by Crippen LogP contribution is 2.23. The van der Waals surface area contributed by atoms with Crippen molar-refractivity contribution in [2.45, 2.75) is 52.6 Å². The van der Waals surface area contributed by atoms with Crippen LogP contribution in [0.3, 0.4) is 0 Å². The van der Waals surface area contributed by atoms with Crippen LogP contribution in [0.2, 0.25) is 0 Å². The summed E-state index contributed by atoms with van der Waals surface area (Å²) in [5, 5.41) is 9.47. The Hall–Kier alpha value is -2.82. The largest absolute Gasteiger partial charge is 0.508 e. The summed E-state index contributed by atoms with van der Waals surface area (Å²) >= 11 is 0. The van der Waals surface area contributed by atoms with Crippen molar-refractivity contribution >= 4 is 17.4 Å². The van der Waals surface area contributed by atoms with Gasteiger partial charge >= 0.3 is 5.97 Å². The predicted octanol–water partition coefficient (Wildman–Crippen LogP) is 5.23. The molecule has 2 aromatic rings. The molecule has 1 atom stereocenters. The molecule has 2 aromatic carbocycles. The van der Waals surface area contributed by atoms with Crippen LogP contribution < -0.4 is 4.90 Å². The van der Waals surface area contributed by atoms with Gasteiger partial charge in [0.2, 0.25) is 5.78 Å². The number of benzene rings is 2. The molecular formula is C24H31NO4. The molecule has 0 aromatic heterocycles. The van der Waals surface area contributed by atoms with Crippen molar-refractivity contribution in [1.82, 2.24) is 0 Å². The molecule has 0 saturated heterocycles. The van der Waals surface area contributed by atoms with Crippen LogP contribution in [0.15, 0.2) is 48.5 Å². The van der Waals surface area contributed by atoms with Gasteiger partial charge in [-0.2, -0.15) is 0 Å². The summed E-state index contributed by atoms with van der Waals surface area (Å²) in [6, 6.07) is 13.4. The zero-order valence-corrected chi connectivity index (χ0v) is 17.6. The molecule has 5 heteroatoms. The van der Waals surface area contributed by atoms with E-state index in [-0.39, 0.29) is 11.5 Å². The summed E-state index contributed by atoms with van der Waals surface area (Å²) < 4.78 is 5.73. The number of Topliss-reactive ketones (excluding diaryl/α,β-unsaturated/α-hetero) is 1. The Morgan fingerprint density at radius 3 is 2.24 bits per heavy atom. The quantitative estimate of drug-likeness (QED) is 0.320. The minimum absolute atomic E-state index is 0.0919. The van der Waals surface area contributed by atoms with Gasteiger partial charge in [-0.05, 0) is 63.1 Å². The van der Waals surface area contributed by atoms with Crippen LogP contribution in [0.5, 0.6) is 5.75 Å². The van der Waals surface area contributed by atoms with Crippen LogP contribution in [0.25, 0.3) is 0 Å². The molecule has 0 amide bonds. The minimum atomic E-state index is -0.844. The number of hydrogen-bond donors (Lipinski definition) is 1. The van der Waals surface area contributed by atoms with Gasteiger partial charge < -0.3 is 14.7 Å². The maximum absolute atomic E-state index is 13.0. The summed E-state index contributed by atoms with van der Waals surface area (Å²) in [6.07, 6.45) is 2.41. The molecule has 0 saturated carbocycles. The standard InChI is InChI=1S/C24H31NO4/c1-4-7-8-13-22(23(27)18-14-16-19(26)17-15-18)29-24(28)20-11-9-10-12-21(20)25(5-2)6-3/h9-12,14-17,22,26H,4-8,13H2,1-3H3. The number of ketones is 1. The van der Waals surface area contributed by atoms with Gasteiger partial charge in [0, 0.05) is 18.7 Å². The second-order valence-corrected chi connectivity index (χ2v) is 6.99. The van der Waals surface area contributed by atoms with E-state index < -0.39 is 12.1 Å². The van der Waals surface area contributed by atoms with Crippen LogP contribution in [-0.2, 0) is 4.74 Å². The second kappa shape index (κ2) is 11.2. The van der Waals surface area contributed by atoms with Crippen molar-refractivity contribution in [3.05, 3.63) is 59.7 Å². The third-order valence-corrected chi connectivity index (χ3v) is 4.99. The van der Waals surface area contributed by atoms with Crippen LogP contribution in [0.4, 0.5) is 5.69 Å². The lowest BCUT2D eigenvalue weighted by Gasteiger charge is -2.24. The smallest absolute Gasteiger partial charge is 0.340 e. The van der Waals surface area contributed by atoms with Gasteiger partial charge in [-0.1, -0.05) is 31.9 Å². The Morgan fingerprint density at radius 2 is 1.62 bits per heavy atom. The van der Waals surface area contributed by atoms with Gasteiger partial charge in [0.05, 0.1) is 11.3 Å². The first kappa shape index (κ1) is 22.5. The number of aromatic hydroxyl groups is 1. The molecule has 0 heterocycles. The Kier molecular flexibility index (Phi) is 8.71. The molecule has 0 fully saturated rings. The van der Waals surface area contributed by atoms with Gasteiger partial charge in [-0.25, -0.2) is 4.79 Å². The number of rotatable bonds is 11. The second-order valence-electron chi connectivity index (χ2n) is 6.99. The summed E-state index contributed by atoms with van der Waals surface area (Å²) in [6.45, 7) is 7.70. The summed E-state index contributed by atoms with van der Waals surface area (Å²) in [5.74, 6) is -0.634. The first-order valence-electron chi connectivity index (χ1n) is 10.4. The molecule has 29 heavy (non-hydrogen) atoms. The number of para-hydroxylation sites is 1. The molecule has 0 bridgehead atoms. The van der Waals surface area contributed by atoms with Crippen LogP contribution in [0.1, 0.15) is 67.2 Å². The van der Waals surface area contributed by atoms with Crippen LogP contribution in [0, 0.1) is 0 Å². The molecular weight excluding hydrogens is 366 g/mol. The summed E-state index contributed by atoms with van der Waals surface area (Å²) in [5.41, 5.74) is 1.70. The number of ether oxygens (including phenoxy) is 1. The van der Waals surface area contributed by atoms with Crippen molar-refractivity contribution in [3.8, 4) is 5.75 Å². The third kappa shape index (κ3) is 6.08. The molecule has 1 unspecified atom stereocenters. The number of esters is 1. The summed E-state index contributed by atoms with van der Waals surface area (Å²) in [7, 11) is 0. The van der Waals surface area contributed by atoms with Crippen LogP contribution in [-0.4, -0.2) is 36.1 Å². The number of anilines is 1. The van der Waals surface area contributed by atoms with Gasteiger partial charge in [0.15, 0.2) is 6.10 Å². The molecule has 0 spiro atoms. The Labute approximate surface area is 173 Å². The Bertz CT molecular complexity index is 797. The molecule has 5 nitrogen and oxygen atoms in total. The van der Waals surface area contributed by atoms with E-state index in [0.717, 1.165) is 38.0 Å². The van der Waals surface area contributed by atoms with E-state index in [4.69, 9.17) is 4.74 Å². The molecule has 0 aliphatic carbocycles. The molecule has 0 aliphatic rings. The monoisotopic (exact) mass is 397 g/mol. The highest BCUT2D eigenvalue weighted by Gasteiger charge is 2.26. The molecule has 0 radical (unpaired) electrons. The van der Waals surface area contributed by atoms with E-state index in [2.05, 4.69) is 11.8 Å². The SMILES string of the molecule is CCCCCC(OC(=O)c1ccccc1N(CC)CC)C(=O)c1ccc(O)cc1. The van der Waals surface area contributed by atoms with E-state index in [1.165, 1.54) is 12.1 Å². The molecule has 1 N–H and O–H groups in total. The van der Waals surface area contributed by atoms with Crippen molar-refractivity contribution in [2.75, 3.05) is 18.0 Å². The highest BCUT2D eigenvalue weighted by atomic mass is 16.5. The first-order chi connectivity index (χ1) is 14.0. The fourth-order valence-electron chi connectivity index (χ4n) is 3.31. The Morgan fingerprint density at radius 1 is 0.966 bits per heavy atom. The van der Waals surface area contributed by atoms with E-state index in [9.17, 15) is 14.7 Å². The first-order valence-corrected chi connectivity index (χ1v) is 10.4. The lowest BCUT2D eigenvalue weighted by Crippen LogP contribution is -2.29. The number of nitrogens with zero attached hydrogens (tertiary/aromatic N) is 1. The topological polar surface area (TPSA) is 66.8 Å². The van der Waals surface area contributed by atoms with Gasteiger partial charge in [0.1, 0.15) is 5.75 Å². The van der Waals surface area contributed by atoms with Gasteiger partial charge in [0.25, 0.3) is 0 Å². The molecule has 2 rings (SSSR count). The maximum Gasteiger partial charge on any atom is 0.340 e. The van der Waals surface area contributed by atoms with Crippen LogP contribution >= 0.6 is 0 Å². The molecule has 156 valence electrons. The van der Waals surface area contributed by atoms with Crippen molar-refractivity contribution in [1.29, 1.82) is 0 Å². The van der Waals surface area contributed by atoms with Crippen molar-refractivity contribution in [2.24, 2.45) is 0 Å². The third-order valence-electron chi connectivity index (χ3n) is 4.99. The van der Waals surface area contributed by atoms with Crippen molar-refractivity contribution < 1.29 is 19.4 Å². The summed E-state index contributed by atoms with van der Waals surface area (Å²) in [4.78, 5) is 28.1. The predicted molar refractivity (Wildman–Crippen MR) is 116 cm³/mol. The average molecular weight is 398 g/mol. The van der Waals surface area contributed by atoms with Gasteiger partial charge in [-0.15, -0.1) is 0 Å². The zero-order valence-electron chi connectivity index (χ0n) is 17.6. The minimum Gasteiger partial charge on any atom is -0.508 e.